The van der Waals surface area contributed by atoms with Crippen LogP contribution in [0.5, 0.6) is 0 Å². The second kappa shape index (κ2) is 5.38. The molecule has 0 bridgehead atoms. The van der Waals surface area contributed by atoms with Crippen LogP contribution in [0.1, 0.15) is 10.4 Å². The minimum atomic E-state index is -0.916. The maximum Gasteiger partial charge on any atom is 0.335 e. The van der Waals surface area contributed by atoms with Gasteiger partial charge in [0.05, 0.1) is 5.56 Å². The first-order chi connectivity index (χ1) is 8.15. The first-order valence-electron chi connectivity index (χ1n) is 4.92. The highest BCUT2D eigenvalue weighted by Gasteiger charge is 2.06. The van der Waals surface area contributed by atoms with Crippen molar-refractivity contribution in [2.45, 2.75) is 9.79 Å². The van der Waals surface area contributed by atoms with E-state index in [9.17, 15) is 4.79 Å². The number of carboxylic acid groups (broad SMARTS) is 1. The Hall–Kier alpha value is -1.26. The zero-order chi connectivity index (χ0) is 12.3. The van der Waals surface area contributed by atoms with Gasteiger partial charge in [-0.05, 0) is 30.3 Å². The number of hydrogen-bond donors (Lipinski definition) is 1. The van der Waals surface area contributed by atoms with Gasteiger partial charge >= 0.3 is 5.97 Å². The van der Waals surface area contributed by atoms with Gasteiger partial charge in [-0.15, -0.1) is 0 Å². The summed E-state index contributed by atoms with van der Waals surface area (Å²) < 4.78 is 0.774. The van der Waals surface area contributed by atoms with Crippen molar-refractivity contribution >= 4 is 33.7 Å². The minimum absolute atomic E-state index is 0.290. The Kier molecular flexibility index (Phi) is 3.86. The molecule has 0 unspecified atom stereocenters. The van der Waals surface area contributed by atoms with E-state index in [4.69, 9.17) is 5.11 Å². The van der Waals surface area contributed by atoms with E-state index < -0.39 is 5.97 Å². The van der Waals surface area contributed by atoms with Crippen molar-refractivity contribution in [2.24, 2.45) is 0 Å². The maximum atomic E-state index is 10.9. The van der Waals surface area contributed by atoms with Gasteiger partial charge in [0.2, 0.25) is 0 Å². The van der Waals surface area contributed by atoms with E-state index in [1.54, 1.807) is 12.1 Å². The molecule has 4 heteroatoms. The van der Waals surface area contributed by atoms with Crippen molar-refractivity contribution in [1.82, 2.24) is 0 Å². The molecule has 0 heterocycles. The van der Waals surface area contributed by atoms with Gasteiger partial charge in [0, 0.05) is 14.3 Å². The van der Waals surface area contributed by atoms with E-state index in [0.29, 0.717) is 0 Å². The Morgan fingerprint density at radius 2 is 1.76 bits per heavy atom. The van der Waals surface area contributed by atoms with Gasteiger partial charge < -0.3 is 5.11 Å². The zero-order valence-corrected chi connectivity index (χ0v) is 11.2. The highest BCUT2D eigenvalue weighted by molar-refractivity contribution is 9.10. The molecule has 0 atom stereocenters. The molecule has 17 heavy (non-hydrogen) atoms. The highest BCUT2D eigenvalue weighted by Crippen LogP contribution is 2.30. The monoisotopic (exact) mass is 308 g/mol. The lowest BCUT2D eigenvalue weighted by molar-refractivity contribution is 0.0696. The SMILES string of the molecule is O=C(O)c1cc(Br)cc(Sc2ccccc2)c1. The number of carbonyl (C=O) groups is 1. The molecule has 0 radical (unpaired) electrons. The lowest BCUT2D eigenvalue weighted by Gasteiger charge is -2.04. The molecular weight excluding hydrogens is 300 g/mol. The van der Waals surface area contributed by atoms with Crippen molar-refractivity contribution < 1.29 is 9.90 Å². The summed E-state index contributed by atoms with van der Waals surface area (Å²) in [6, 6.07) is 15.0. The smallest absolute Gasteiger partial charge is 0.335 e. The number of hydrogen-bond acceptors (Lipinski definition) is 2. The topological polar surface area (TPSA) is 37.3 Å². The number of aromatic carboxylic acids is 1. The van der Waals surface area contributed by atoms with Crippen LogP contribution in [-0.2, 0) is 0 Å². The number of carboxylic acids is 1. The van der Waals surface area contributed by atoms with Crippen LogP contribution in [0.2, 0.25) is 0 Å². The molecule has 0 saturated heterocycles. The molecule has 2 nitrogen and oxygen atoms in total. The molecule has 0 spiro atoms. The third kappa shape index (κ3) is 3.35. The molecule has 0 saturated carbocycles. The van der Waals surface area contributed by atoms with E-state index >= 15 is 0 Å². The summed E-state index contributed by atoms with van der Waals surface area (Å²) in [5.41, 5.74) is 0.290. The van der Waals surface area contributed by atoms with E-state index in [-0.39, 0.29) is 5.56 Å². The Balaban J connectivity index is 2.30. The van der Waals surface area contributed by atoms with Gasteiger partial charge in [-0.1, -0.05) is 45.9 Å². The summed E-state index contributed by atoms with van der Waals surface area (Å²) >= 11 is 4.86. The average molecular weight is 309 g/mol. The van der Waals surface area contributed by atoms with Crippen molar-refractivity contribution in [3.63, 3.8) is 0 Å². The molecule has 2 aromatic rings. The molecule has 86 valence electrons. The molecule has 0 amide bonds. The molecule has 1 N–H and O–H groups in total. The molecule has 2 rings (SSSR count). The summed E-state index contributed by atoms with van der Waals surface area (Å²) in [5, 5.41) is 8.97. The van der Waals surface area contributed by atoms with Crippen molar-refractivity contribution in [2.75, 3.05) is 0 Å². The molecule has 2 aromatic carbocycles. The van der Waals surface area contributed by atoms with Crippen LogP contribution in [0, 0.1) is 0 Å². The first-order valence-corrected chi connectivity index (χ1v) is 6.53. The fraction of sp³-hybridized carbons (Fsp3) is 0. The van der Waals surface area contributed by atoms with Crippen LogP contribution in [0.25, 0.3) is 0 Å². The fourth-order valence-electron chi connectivity index (χ4n) is 1.37. The fourth-order valence-corrected chi connectivity index (χ4v) is 2.95. The predicted molar refractivity (Wildman–Crippen MR) is 71.7 cm³/mol. The molecule has 0 aliphatic carbocycles. The largest absolute Gasteiger partial charge is 0.478 e. The molecule has 0 fully saturated rings. The van der Waals surface area contributed by atoms with E-state index in [2.05, 4.69) is 15.9 Å². The Bertz CT molecular complexity index is 540. The van der Waals surface area contributed by atoms with Crippen LogP contribution in [-0.4, -0.2) is 11.1 Å². The summed E-state index contributed by atoms with van der Waals surface area (Å²) in [6.45, 7) is 0. The molecule has 0 aliphatic rings. The van der Waals surface area contributed by atoms with E-state index in [1.807, 2.05) is 36.4 Å². The molecule has 0 aliphatic heterocycles. The van der Waals surface area contributed by atoms with E-state index in [0.717, 1.165) is 14.3 Å². The van der Waals surface area contributed by atoms with Crippen LogP contribution in [0.3, 0.4) is 0 Å². The van der Waals surface area contributed by atoms with Gasteiger partial charge in [-0.2, -0.15) is 0 Å². The Morgan fingerprint density at radius 1 is 1.06 bits per heavy atom. The van der Waals surface area contributed by atoms with Crippen LogP contribution in [0.15, 0.2) is 62.8 Å². The van der Waals surface area contributed by atoms with Gasteiger partial charge in [0.15, 0.2) is 0 Å². The highest BCUT2D eigenvalue weighted by atomic mass is 79.9. The number of halogens is 1. The lowest BCUT2D eigenvalue weighted by atomic mass is 10.2. The standard InChI is InChI=1S/C13H9BrO2S/c14-10-6-9(13(15)16)7-12(8-10)17-11-4-2-1-3-5-11/h1-8H,(H,15,16). The summed E-state index contributed by atoms with van der Waals surface area (Å²) in [6.07, 6.45) is 0. The number of rotatable bonds is 3. The van der Waals surface area contributed by atoms with E-state index in [1.165, 1.54) is 11.8 Å². The van der Waals surface area contributed by atoms with Crippen LogP contribution < -0.4 is 0 Å². The number of benzene rings is 2. The van der Waals surface area contributed by atoms with Crippen molar-refractivity contribution in [1.29, 1.82) is 0 Å². The Morgan fingerprint density at radius 3 is 2.41 bits per heavy atom. The quantitative estimate of drug-likeness (QED) is 0.918. The first kappa shape index (κ1) is 12.2. The average Bonchev–Trinajstić information content (AvgIpc) is 2.29. The second-order valence-electron chi connectivity index (χ2n) is 3.40. The molecular formula is C13H9BrO2S. The second-order valence-corrected chi connectivity index (χ2v) is 5.46. The Labute approximate surface area is 112 Å². The third-order valence-corrected chi connectivity index (χ3v) is 3.53. The van der Waals surface area contributed by atoms with Crippen molar-refractivity contribution in [3.8, 4) is 0 Å². The van der Waals surface area contributed by atoms with Crippen molar-refractivity contribution in [3.05, 3.63) is 58.6 Å². The summed E-state index contributed by atoms with van der Waals surface area (Å²) in [5.74, 6) is -0.916. The van der Waals surface area contributed by atoms with Gasteiger partial charge in [-0.3, -0.25) is 0 Å². The van der Waals surface area contributed by atoms with Gasteiger partial charge in [0.25, 0.3) is 0 Å². The summed E-state index contributed by atoms with van der Waals surface area (Å²) in [4.78, 5) is 12.9. The van der Waals surface area contributed by atoms with Crippen LogP contribution >= 0.6 is 27.7 Å². The lowest BCUT2D eigenvalue weighted by Crippen LogP contribution is -1.95. The minimum Gasteiger partial charge on any atom is -0.478 e. The summed E-state index contributed by atoms with van der Waals surface area (Å²) in [7, 11) is 0. The van der Waals surface area contributed by atoms with Crippen LogP contribution in [0.4, 0.5) is 0 Å². The zero-order valence-electron chi connectivity index (χ0n) is 8.76. The predicted octanol–water partition coefficient (Wildman–Crippen LogP) is 4.30. The molecule has 0 aromatic heterocycles. The van der Waals surface area contributed by atoms with Gasteiger partial charge in [0.1, 0.15) is 0 Å². The van der Waals surface area contributed by atoms with Gasteiger partial charge in [-0.25, -0.2) is 4.79 Å². The maximum absolute atomic E-state index is 10.9. The normalized spacial score (nSPS) is 10.2. The third-order valence-electron chi connectivity index (χ3n) is 2.10.